The normalized spacial score (nSPS) is 12.7. The number of aliphatic hydroxyl groups excluding tert-OH is 1. The molecule has 0 aliphatic rings. The van der Waals surface area contributed by atoms with Gasteiger partial charge in [0.2, 0.25) is 0 Å². The second kappa shape index (κ2) is 5.34. The van der Waals surface area contributed by atoms with Crippen molar-refractivity contribution in [1.82, 2.24) is 0 Å². The summed E-state index contributed by atoms with van der Waals surface area (Å²) in [7, 11) is 0. The average Bonchev–Trinajstić information content (AvgIpc) is 2.63. The predicted molar refractivity (Wildman–Crippen MR) is 76.6 cm³/mol. The van der Waals surface area contributed by atoms with Crippen LogP contribution in [0.2, 0.25) is 0 Å². The maximum atomic E-state index is 10.2. The molecule has 0 aliphatic heterocycles. The van der Waals surface area contributed by atoms with Crippen LogP contribution in [0, 0.1) is 13.8 Å². The summed E-state index contributed by atoms with van der Waals surface area (Å²) in [6.07, 6.45) is 0.265. The Morgan fingerprint density at radius 2 is 2.00 bits per heavy atom. The molecule has 0 amide bonds. The third-order valence-electron chi connectivity index (χ3n) is 2.81. The van der Waals surface area contributed by atoms with Crippen molar-refractivity contribution in [3.05, 3.63) is 55.7 Å². The fourth-order valence-electron chi connectivity index (χ4n) is 1.96. The largest absolute Gasteiger partial charge is 0.388 e. The highest BCUT2D eigenvalue weighted by Gasteiger charge is 2.12. The van der Waals surface area contributed by atoms with Gasteiger partial charge >= 0.3 is 0 Å². The lowest BCUT2D eigenvalue weighted by Crippen LogP contribution is -2.03. The molecule has 0 aliphatic carbocycles. The summed E-state index contributed by atoms with van der Waals surface area (Å²) in [6.45, 7) is 4.12. The zero-order valence-electron chi connectivity index (χ0n) is 9.90. The highest BCUT2D eigenvalue weighted by atomic mass is 79.9. The molecule has 1 aromatic carbocycles. The molecule has 2 rings (SSSR count). The van der Waals surface area contributed by atoms with Crippen LogP contribution in [0.25, 0.3) is 0 Å². The Bertz CT molecular complexity index is 519. The molecular formula is C14H15BrOS. The average molecular weight is 311 g/mol. The quantitative estimate of drug-likeness (QED) is 0.890. The van der Waals surface area contributed by atoms with Gasteiger partial charge in [0.05, 0.1) is 9.89 Å². The molecule has 0 spiro atoms. The lowest BCUT2D eigenvalue weighted by Gasteiger charge is -2.13. The molecule has 1 atom stereocenters. The number of rotatable bonds is 3. The van der Waals surface area contributed by atoms with Gasteiger partial charge in [0, 0.05) is 11.3 Å². The van der Waals surface area contributed by atoms with Crippen molar-refractivity contribution in [2.24, 2.45) is 0 Å². The molecule has 17 heavy (non-hydrogen) atoms. The van der Waals surface area contributed by atoms with E-state index in [2.05, 4.69) is 48.0 Å². The molecule has 0 bridgehead atoms. The van der Waals surface area contributed by atoms with Gasteiger partial charge in [-0.25, -0.2) is 0 Å². The van der Waals surface area contributed by atoms with E-state index in [0.717, 1.165) is 14.9 Å². The van der Waals surface area contributed by atoms with Gasteiger partial charge in [-0.05, 0) is 53.0 Å². The fourth-order valence-corrected chi connectivity index (χ4v) is 3.48. The van der Waals surface area contributed by atoms with Gasteiger partial charge in [0.25, 0.3) is 0 Å². The van der Waals surface area contributed by atoms with E-state index in [0.29, 0.717) is 6.42 Å². The maximum Gasteiger partial charge on any atom is 0.0840 e. The van der Waals surface area contributed by atoms with Crippen molar-refractivity contribution in [2.45, 2.75) is 26.4 Å². The van der Waals surface area contributed by atoms with E-state index in [1.165, 1.54) is 10.4 Å². The molecule has 1 nitrogen and oxygen atoms in total. The number of hydrogen-bond acceptors (Lipinski definition) is 2. The Hall–Kier alpha value is -0.640. The molecular weight excluding hydrogens is 296 g/mol. The summed E-state index contributed by atoms with van der Waals surface area (Å²) in [5.41, 5.74) is 3.42. The van der Waals surface area contributed by atoms with Crippen LogP contribution < -0.4 is 0 Å². The van der Waals surface area contributed by atoms with Crippen molar-refractivity contribution in [3.8, 4) is 0 Å². The van der Waals surface area contributed by atoms with Crippen molar-refractivity contribution < 1.29 is 5.11 Å². The van der Waals surface area contributed by atoms with E-state index in [1.807, 2.05) is 12.1 Å². The summed E-state index contributed by atoms with van der Waals surface area (Å²) in [4.78, 5) is 1.20. The van der Waals surface area contributed by atoms with E-state index in [9.17, 15) is 5.11 Å². The third kappa shape index (κ3) is 3.18. The van der Waals surface area contributed by atoms with Crippen LogP contribution in [0.1, 0.15) is 27.7 Å². The molecule has 3 heteroatoms. The van der Waals surface area contributed by atoms with Crippen LogP contribution in [0.5, 0.6) is 0 Å². The molecule has 0 saturated heterocycles. The van der Waals surface area contributed by atoms with Crippen LogP contribution >= 0.6 is 27.3 Å². The maximum absolute atomic E-state index is 10.2. The van der Waals surface area contributed by atoms with Gasteiger partial charge in [-0.3, -0.25) is 0 Å². The van der Waals surface area contributed by atoms with Crippen molar-refractivity contribution in [1.29, 1.82) is 0 Å². The zero-order chi connectivity index (χ0) is 12.4. The van der Waals surface area contributed by atoms with Gasteiger partial charge in [-0.15, -0.1) is 11.3 Å². The summed E-state index contributed by atoms with van der Waals surface area (Å²) >= 11 is 5.12. The first kappa shape index (κ1) is 12.8. The number of aliphatic hydroxyl groups is 1. The fraction of sp³-hybridized carbons (Fsp3) is 0.286. The van der Waals surface area contributed by atoms with Crippen LogP contribution in [0.3, 0.4) is 0 Å². The van der Waals surface area contributed by atoms with E-state index in [1.54, 1.807) is 11.3 Å². The Balaban J connectivity index is 2.17. The molecule has 90 valence electrons. The van der Waals surface area contributed by atoms with Gasteiger partial charge in [0.1, 0.15) is 0 Å². The highest BCUT2D eigenvalue weighted by Crippen LogP contribution is 2.28. The number of aryl methyl sites for hydroxylation is 2. The second-order valence-corrected chi connectivity index (χ2v) is 6.83. The summed E-state index contributed by atoms with van der Waals surface area (Å²) < 4.78 is 1.11. The summed E-state index contributed by atoms with van der Waals surface area (Å²) in [6, 6.07) is 10.3. The second-order valence-electron chi connectivity index (χ2n) is 4.29. The Labute approximate surface area is 114 Å². The van der Waals surface area contributed by atoms with Crippen LogP contribution in [-0.4, -0.2) is 5.11 Å². The molecule has 2 aromatic rings. The molecule has 1 unspecified atom stereocenters. The summed E-state index contributed by atoms with van der Waals surface area (Å²) in [5, 5.41) is 10.2. The van der Waals surface area contributed by atoms with E-state index < -0.39 is 6.10 Å². The lowest BCUT2D eigenvalue weighted by atomic mass is 9.99. The minimum absolute atomic E-state index is 0.416. The number of hydrogen-bond donors (Lipinski definition) is 1. The van der Waals surface area contributed by atoms with Crippen molar-refractivity contribution >= 4 is 27.3 Å². The first-order chi connectivity index (χ1) is 8.06. The van der Waals surface area contributed by atoms with Gasteiger partial charge in [0.15, 0.2) is 0 Å². The lowest BCUT2D eigenvalue weighted by molar-refractivity contribution is 0.178. The summed E-state index contributed by atoms with van der Waals surface area (Å²) in [5.74, 6) is 0. The van der Waals surface area contributed by atoms with Crippen molar-refractivity contribution in [2.75, 3.05) is 0 Å². The van der Waals surface area contributed by atoms with E-state index >= 15 is 0 Å². The Kier molecular flexibility index (Phi) is 4.02. The molecule has 1 heterocycles. The van der Waals surface area contributed by atoms with E-state index in [-0.39, 0.29) is 0 Å². The standard InChI is InChI=1S/C14H15BrOS/c1-9-3-5-12(10(2)7-9)13(16)8-11-4-6-14(15)17-11/h3-7,13,16H,8H2,1-2H3. The number of halogens is 1. The van der Waals surface area contributed by atoms with Crippen LogP contribution in [-0.2, 0) is 6.42 Å². The minimum atomic E-state index is -0.416. The monoisotopic (exact) mass is 310 g/mol. The third-order valence-corrected chi connectivity index (χ3v) is 4.45. The SMILES string of the molecule is Cc1ccc(C(O)Cc2ccc(Br)s2)c(C)c1. The van der Waals surface area contributed by atoms with Crippen molar-refractivity contribution in [3.63, 3.8) is 0 Å². The molecule has 0 radical (unpaired) electrons. The molecule has 1 N–H and O–H groups in total. The first-order valence-electron chi connectivity index (χ1n) is 5.55. The van der Waals surface area contributed by atoms with Gasteiger partial charge in [-0.2, -0.15) is 0 Å². The molecule has 1 aromatic heterocycles. The first-order valence-corrected chi connectivity index (χ1v) is 7.16. The topological polar surface area (TPSA) is 20.2 Å². The smallest absolute Gasteiger partial charge is 0.0840 e. The van der Waals surface area contributed by atoms with Gasteiger partial charge < -0.3 is 5.11 Å². The predicted octanol–water partition coefficient (Wildman–Crippen LogP) is 4.40. The Morgan fingerprint density at radius 1 is 1.24 bits per heavy atom. The zero-order valence-corrected chi connectivity index (χ0v) is 12.3. The van der Waals surface area contributed by atoms with Crippen LogP contribution in [0.4, 0.5) is 0 Å². The Morgan fingerprint density at radius 3 is 2.59 bits per heavy atom. The molecule has 0 saturated carbocycles. The van der Waals surface area contributed by atoms with E-state index in [4.69, 9.17) is 0 Å². The van der Waals surface area contributed by atoms with Crippen LogP contribution in [0.15, 0.2) is 34.1 Å². The molecule has 0 fully saturated rings. The number of benzene rings is 1. The highest BCUT2D eigenvalue weighted by molar-refractivity contribution is 9.11. The number of thiophene rings is 1. The minimum Gasteiger partial charge on any atom is -0.388 e. The van der Waals surface area contributed by atoms with Gasteiger partial charge in [-0.1, -0.05) is 23.8 Å².